The van der Waals surface area contributed by atoms with Gasteiger partial charge in [-0.25, -0.2) is 8.78 Å². The molecule has 2 aliphatic rings. The zero-order valence-electron chi connectivity index (χ0n) is 15.1. The molecule has 0 N–H and O–H groups in total. The minimum atomic E-state index is -1.18. The number of rotatable bonds is 0. The molecule has 7 heteroatoms. The van der Waals surface area contributed by atoms with Crippen LogP contribution >= 0.6 is 0 Å². The summed E-state index contributed by atoms with van der Waals surface area (Å²) in [4.78, 5) is 22.1. The first-order chi connectivity index (χ1) is 14.6. The summed E-state index contributed by atoms with van der Waals surface area (Å²) in [6.45, 7) is 0. The molecular formula is C23H8F2N4O. The van der Waals surface area contributed by atoms with Crippen molar-refractivity contribution in [1.82, 2.24) is 9.97 Å². The predicted octanol–water partition coefficient (Wildman–Crippen LogP) is 4.23. The van der Waals surface area contributed by atoms with E-state index in [0.717, 1.165) is 12.1 Å². The van der Waals surface area contributed by atoms with Gasteiger partial charge in [-0.05, 0) is 29.8 Å². The summed E-state index contributed by atoms with van der Waals surface area (Å²) >= 11 is 0. The number of Topliss-reactive ketones (excluding diaryl/α,β-unsaturated/α-hetero) is 1. The van der Waals surface area contributed by atoms with E-state index in [0.29, 0.717) is 28.1 Å². The Kier molecular flexibility index (Phi) is 3.67. The fourth-order valence-corrected chi connectivity index (χ4v) is 3.97. The normalized spacial score (nSPS) is 13.5. The Bertz CT molecular complexity index is 1390. The van der Waals surface area contributed by atoms with Crippen LogP contribution < -0.4 is 0 Å². The highest BCUT2D eigenvalue weighted by atomic mass is 19.2. The van der Waals surface area contributed by atoms with Gasteiger partial charge in [0.05, 0.1) is 11.4 Å². The third-order valence-corrected chi connectivity index (χ3v) is 5.15. The van der Waals surface area contributed by atoms with Crippen LogP contribution in [0.1, 0.15) is 27.0 Å². The van der Waals surface area contributed by atoms with E-state index in [4.69, 9.17) is 0 Å². The van der Waals surface area contributed by atoms with Gasteiger partial charge in [0, 0.05) is 45.8 Å². The highest BCUT2D eigenvalue weighted by Gasteiger charge is 2.39. The van der Waals surface area contributed by atoms with Crippen LogP contribution in [0.3, 0.4) is 0 Å². The maximum absolute atomic E-state index is 14.0. The molecule has 0 radical (unpaired) electrons. The summed E-state index contributed by atoms with van der Waals surface area (Å²) in [5.41, 5.74) is 2.29. The number of carbonyl (C=O) groups is 1. The van der Waals surface area contributed by atoms with Crippen LogP contribution in [0.2, 0.25) is 0 Å². The second-order valence-corrected chi connectivity index (χ2v) is 6.66. The maximum atomic E-state index is 14.0. The van der Waals surface area contributed by atoms with Crippen molar-refractivity contribution in [2.24, 2.45) is 0 Å². The number of benzene rings is 1. The number of hydrogen-bond donors (Lipinski definition) is 0. The Morgan fingerprint density at radius 1 is 0.800 bits per heavy atom. The molecule has 5 rings (SSSR count). The van der Waals surface area contributed by atoms with E-state index < -0.39 is 17.4 Å². The average Bonchev–Trinajstić information content (AvgIpc) is 3.22. The lowest BCUT2D eigenvalue weighted by Gasteiger charge is -2.09. The van der Waals surface area contributed by atoms with E-state index in [2.05, 4.69) is 9.97 Å². The van der Waals surface area contributed by atoms with Gasteiger partial charge in [0.1, 0.15) is 17.7 Å². The summed E-state index contributed by atoms with van der Waals surface area (Å²) in [7, 11) is 0. The zero-order chi connectivity index (χ0) is 21.0. The third-order valence-electron chi connectivity index (χ3n) is 5.15. The average molecular weight is 394 g/mol. The minimum absolute atomic E-state index is 0.0135. The zero-order valence-corrected chi connectivity index (χ0v) is 15.1. The molecule has 1 aromatic carbocycles. The lowest BCUT2D eigenvalue weighted by molar-refractivity contribution is 0.104. The smallest absolute Gasteiger partial charge is 0.195 e. The van der Waals surface area contributed by atoms with Crippen molar-refractivity contribution < 1.29 is 13.6 Å². The number of hydrogen-bond acceptors (Lipinski definition) is 5. The molecule has 2 aromatic heterocycles. The van der Waals surface area contributed by atoms with Crippen LogP contribution in [-0.2, 0) is 0 Å². The van der Waals surface area contributed by atoms with Crippen LogP contribution in [0.15, 0.2) is 59.9 Å². The molecule has 0 saturated heterocycles. The van der Waals surface area contributed by atoms with Crippen molar-refractivity contribution in [3.05, 3.63) is 93.8 Å². The second-order valence-electron chi connectivity index (χ2n) is 6.66. The lowest BCUT2D eigenvalue weighted by Crippen LogP contribution is -2.01. The lowest BCUT2D eigenvalue weighted by atomic mass is 9.91. The highest BCUT2D eigenvalue weighted by Crippen LogP contribution is 2.50. The number of aromatic nitrogens is 2. The maximum Gasteiger partial charge on any atom is 0.195 e. The molecule has 0 spiro atoms. The predicted molar refractivity (Wildman–Crippen MR) is 102 cm³/mol. The molecule has 3 aromatic rings. The number of carbonyl (C=O) groups excluding carboxylic acids is 1. The fourth-order valence-electron chi connectivity index (χ4n) is 3.97. The molecule has 0 atom stereocenters. The summed E-state index contributed by atoms with van der Waals surface area (Å²) < 4.78 is 27.9. The van der Waals surface area contributed by atoms with Gasteiger partial charge in [0.25, 0.3) is 0 Å². The van der Waals surface area contributed by atoms with Gasteiger partial charge in [0.2, 0.25) is 0 Å². The van der Waals surface area contributed by atoms with Crippen molar-refractivity contribution in [1.29, 1.82) is 10.5 Å². The molecule has 0 unspecified atom stereocenters. The molecular weight excluding hydrogens is 386 g/mol. The Hall–Kier alpha value is -4.49. The Labute approximate surface area is 168 Å². The number of pyridine rings is 2. The van der Waals surface area contributed by atoms with E-state index in [-0.39, 0.29) is 27.8 Å². The van der Waals surface area contributed by atoms with Gasteiger partial charge in [-0.1, -0.05) is 12.1 Å². The third kappa shape index (κ3) is 2.20. The monoisotopic (exact) mass is 394 g/mol. The van der Waals surface area contributed by atoms with Gasteiger partial charge in [-0.3, -0.25) is 14.8 Å². The molecule has 2 aliphatic carbocycles. The van der Waals surface area contributed by atoms with Crippen molar-refractivity contribution in [3.63, 3.8) is 0 Å². The number of halogens is 2. The first-order valence-electron chi connectivity index (χ1n) is 8.81. The first-order valence-corrected chi connectivity index (χ1v) is 8.81. The van der Waals surface area contributed by atoms with E-state index in [1.54, 1.807) is 48.8 Å². The Balaban J connectivity index is 1.98. The van der Waals surface area contributed by atoms with Crippen molar-refractivity contribution >= 4 is 16.9 Å². The molecule has 5 nitrogen and oxygen atoms in total. The number of nitriles is 2. The van der Waals surface area contributed by atoms with E-state index in [1.807, 2.05) is 0 Å². The summed E-state index contributed by atoms with van der Waals surface area (Å²) in [6, 6.07) is 12.1. The number of ketones is 1. The van der Waals surface area contributed by atoms with Gasteiger partial charge in [-0.15, -0.1) is 0 Å². The molecule has 0 bridgehead atoms. The SMILES string of the molecule is N#CC(C#N)=C1C(=C2c3cccnc3-c3ncccc32)C(=O)c2cc(F)c(F)cc21. The van der Waals surface area contributed by atoms with E-state index in [1.165, 1.54) is 0 Å². The van der Waals surface area contributed by atoms with Gasteiger partial charge < -0.3 is 0 Å². The molecule has 0 saturated carbocycles. The molecule has 0 fully saturated rings. The minimum Gasteiger partial charge on any atom is -0.289 e. The molecule has 30 heavy (non-hydrogen) atoms. The first kappa shape index (κ1) is 17.6. The molecule has 140 valence electrons. The summed E-state index contributed by atoms with van der Waals surface area (Å²) in [5.74, 6) is -2.95. The molecule has 0 amide bonds. The topological polar surface area (TPSA) is 90.4 Å². The van der Waals surface area contributed by atoms with Crippen LogP contribution in [0.4, 0.5) is 8.78 Å². The summed E-state index contributed by atoms with van der Waals surface area (Å²) in [5, 5.41) is 19.0. The number of nitrogens with zero attached hydrogens (tertiary/aromatic N) is 4. The molecule has 2 heterocycles. The fraction of sp³-hybridized carbons (Fsp3) is 0. The highest BCUT2D eigenvalue weighted by molar-refractivity contribution is 6.33. The van der Waals surface area contributed by atoms with Crippen LogP contribution in [-0.4, -0.2) is 15.8 Å². The van der Waals surface area contributed by atoms with Gasteiger partial charge in [0.15, 0.2) is 17.4 Å². The van der Waals surface area contributed by atoms with Crippen molar-refractivity contribution in [3.8, 4) is 23.5 Å². The molecule has 0 aliphatic heterocycles. The second kappa shape index (κ2) is 6.26. The Morgan fingerprint density at radius 3 is 1.87 bits per heavy atom. The van der Waals surface area contributed by atoms with E-state index in [9.17, 15) is 24.1 Å². The van der Waals surface area contributed by atoms with E-state index >= 15 is 0 Å². The standard InChI is InChI=1S/C23H8F2N4O/c24-16-7-14-15(8-17(16)25)23(30)20(18(14)11(9-26)10-27)19-12-3-1-5-28-21(12)22-13(19)4-2-6-29-22/h1-8H. The number of fused-ring (bicyclic) bond motifs is 4. The van der Waals surface area contributed by atoms with Crippen LogP contribution in [0.25, 0.3) is 22.5 Å². The summed E-state index contributed by atoms with van der Waals surface area (Å²) in [6.07, 6.45) is 3.18. The largest absolute Gasteiger partial charge is 0.289 e. The van der Waals surface area contributed by atoms with Crippen molar-refractivity contribution in [2.45, 2.75) is 0 Å². The van der Waals surface area contributed by atoms with Crippen LogP contribution in [0, 0.1) is 34.3 Å². The van der Waals surface area contributed by atoms with Crippen molar-refractivity contribution in [2.75, 3.05) is 0 Å². The number of allylic oxidation sites excluding steroid dienone is 3. The van der Waals surface area contributed by atoms with Gasteiger partial charge in [-0.2, -0.15) is 10.5 Å². The van der Waals surface area contributed by atoms with Gasteiger partial charge >= 0.3 is 0 Å². The Morgan fingerprint density at radius 2 is 1.33 bits per heavy atom. The quantitative estimate of drug-likeness (QED) is 0.329. The van der Waals surface area contributed by atoms with Crippen LogP contribution in [0.5, 0.6) is 0 Å².